The zero-order valence-electron chi connectivity index (χ0n) is 11.5. The maximum atomic E-state index is 13.2. The van der Waals surface area contributed by atoms with E-state index in [1.807, 2.05) is 13.0 Å². The Morgan fingerprint density at radius 1 is 1.28 bits per heavy atom. The monoisotopic (exact) mass is 249 g/mol. The van der Waals surface area contributed by atoms with Gasteiger partial charge in [-0.3, -0.25) is 0 Å². The van der Waals surface area contributed by atoms with Crippen molar-refractivity contribution >= 4 is 0 Å². The minimum atomic E-state index is -0.117. The molecule has 2 unspecified atom stereocenters. The minimum absolute atomic E-state index is 0.117. The average Bonchev–Trinajstić information content (AvgIpc) is 2.55. The molecule has 18 heavy (non-hydrogen) atoms. The van der Waals surface area contributed by atoms with E-state index in [0.29, 0.717) is 12.0 Å². The molecule has 2 atom stereocenters. The maximum absolute atomic E-state index is 13.2. The fourth-order valence-corrected chi connectivity index (χ4v) is 3.21. The molecule has 1 nitrogen and oxygen atoms in total. The van der Waals surface area contributed by atoms with Gasteiger partial charge in [-0.25, -0.2) is 4.39 Å². The van der Waals surface area contributed by atoms with Crippen molar-refractivity contribution in [3.8, 4) is 0 Å². The lowest BCUT2D eigenvalue weighted by molar-refractivity contribution is 0.448. The second-order valence-electron chi connectivity index (χ2n) is 5.47. The van der Waals surface area contributed by atoms with Crippen LogP contribution in [0.3, 0.4) is 0 Å². The van der Waals surface area contributed by atoms with E-state index in [4.69, 9.17) is 0 Å². The lowest BCUT2D eigenvalue weighted by atomic mass is 9.87. The highest BCUT2D eigenvalue weighted by Crippen LogP contribution is 2.33. The van der Waals surface area contributed by atoms with Gasteiger partial charge in [0.1, 0.15) is 5.82 Å². The van der Waals surface area contributed by atoms with Crippen molar-refractivity contribution in [2.75, 3.05) is 6.54 Å². The number of nitrogens with one attached hydrogen (secondary N) is 1. The third kappa shape index (κ3) is 3.32. The van der Waals surface area contributed by atoms with E-state index in [-0.39, 0.29) is 5.82 Å². The topological polar surface area (TPSA) is 12.0 Å². The second-order valence-corrected chi connectivity index (χ2v) is 5.47. The fourth-order valence-electron chi connectivity index (χ4n) is 3.21. The molecule has 2 rings (SSSR count). The predicted octanol–water partition coefficient (Wildman–Crippen LogP) is 4.16. The van der Waals surface area contributed by atoms with Crippen LogP contribution in [0.5, 0.6) is 0 Å². The lowest BCUT2D eigenvalue weighted by Crippen LogP contribution is -2.29. The molecular weight excluding hydrogens is 225 g/mol. The number of benzene rings is 1. The highest BCUT2D eigenvalue weighted by molar-refractivity contribution is 5.30. The first-order valence-electron chi connectivity index (χ1n) is 7.20. The van der Waals surface area contributed by atoms with Crippen LogP contribution in [0, 0.1) is 12.7 Å². The number of halogens is 1. The van der Waals surface area contributed by atoms with Crippen LogP contribution >= 0.6 is 0 Å². The summed E-state index contributed by atoms with van der Waals surface area (Å²) in [5.74, 6) is 0.477. The molecule has 1 fully saturated rings. The molecule has 2 heteroatoms. The Hall–Kier alpha value is -0.890. The van der Waals surface area contributed by atoms with Crippen LogP contribution in [0.15, 0.2) is 18.2 Å². The van der Waals surface area contributed by atoms with E-state index in [1.54, 1.807) is 12.1 Å². The van der Waals surface area contributed by atoms with Crippen LogP contribution in [-0.4, -0.2) is 12.6 Å². The van der Waals surface area contributed by atoms with Crippen molar-refractivity contribution in [1.29, 1.82) is 0 Å². The number of aryl methyl sites for hydroxylation is 1. The number of rotatable bonds is 3. The van der Waals surface area contributed by atoms with Gasteiger partial charge in [0.25, 0.3) is 0 Å². The van der Waals surface area contributed by atoms with Crippen molar-refractivity contribution in [3.63, 3.8) is 0 Å². The van der Waals surface area contributed by atoms with Gasteiger partial charge in [0.15, 0.2) is 0 Å². The van der Waals surface area contributed by atoms with Crippen molar-refractivity contribution in [2.45, 2.75) is 57.9 Å². The molecule has 0 radical (unpaired) electrons. The Kier molecular flexibility index (Phi) is 4.76. The highest BCUT2D eigenvalue weighted by atomic mass is 19.1. The van der Waals surface area contributed by atoms with E-state index >= 15 is 0 Å². The van der Waals surface area contributed by atoms with Gasteiger partial charge in [-0.1, -0.05) is 25.8 Å². The van der Waals surface area contributed by atoms with Crippen LogP contribution in [-0.2, 0) is 0 Å². The molecular formula is C16H24FN. The first-order valence-corrected chi connectivity index (χ1v) is 7.20. The van der Waals surface area contributed by atoms with E-state index < -0.39 is 0 Å². The van der Waals surface area contributed by atoms with Crippen molar-refractivity contribution < 1.29 is 4.39 Å². The molecule has 0 heterocycles. The summed E-state index contributed by atoms with van der Waals surface area (Å²) < 4.78 is 13.2. The molecule has 1 aliphatic carbocycles. The van der Waals surface area contributed by atoms with Gasteiger partial charge in [-0.15, -0.1) is 0 Å². The molecule has 0 amide bonds. The van der Waals surface area contributed by atoms with Gasteiger partial charge in [0.05, 0.1) is 0 Å². The Morgan fingerprint density at radius 3 is 2.78 bits per heavy atom. The Bertz CT molecular complexity index is 389. The van der Waals surface area contributed by atoms with E-state index in [2.05, 4.69) is 12.2 Å². The van der Waals surface area contributed by atoms with Crippen molar-refractivity contribution in [3.05, 3.63) is 35.1 Å². The molecule has 100 valence electrons. The lowest BCUT2D eigenvalue weighted by Gasteiger charge is -2.22. The Morgan fingerprint density at radius 2 is 2.06 bits per heavy atom. The standard InChI is InChI=1S/C16H24FN/c1-3-18-15-7-5-4-6-13(11-15)16-9-8-14(17)10-12(16)2/h8-10,13,15,18H,3-7,11H2,1-2H3. The SMILES string of the molecule is CCNC1CCCCC(c2ccc(F)cc2C)C1. The van der Waals surface area contributed by atoms with Gasteiger partial charge >= 0.3 is 0 Å². The molecule has 1 aromatic rings. The van der Waals surface area contributed by atoms with Crippen molar-refractivity contribution in [1.82, 2.24) is 5.32 Å². The van der Waals surface area contributed by atoms with Crippen LogP contribution in [0.1, 0.15) is 56.1 Å². The van der Waals surface area contributed by atoms with Gasteiger partial charge in [0.2, 0.25) is 0 Å². The minimum Gasteiger partial charge on any atom is -0.314 e. The molecule has 1 aromatic carbocycles. The van der Waals surface area contributed by atoms with Gasteiger partial charge < -0.3 is 5.32 Å². The van der Waals surface area contributed by atoms with Crippen LogP contribution in [0.25, 0.3) is 0 Å². The smallest absolute Gasteiger partial charge is 0.123 e. The normalized spacial score (nSPS) is 24.8. The molecule has 0 aliphatic heterocycles. The van der Waals surface area contributed by atoms with E-state index in [0.717, 1.165) is 12.1 Å². The summed E-state index contributed by atoms with van der Waals surface area (Å²) >= 11 is 0. The molecule has 0 saturated heterocycles. The van der Waals surface area contributed by atoms with Crippen LogP contribution < -0.4 is 5.32 Å². The molecule has 0 bridgehead atoms. The second kappa shape index (κ2) is 6.33. The Labute approximate surface area is 110 Å². The summed E-state index contributed by atoms with van der Waals surface area (Å²) in [7, 11) is 0. The molecule has 0 aromatic heterocycles. The van der Waals surface area contributed by atoms with Crippen molar-refractivity contribution in [2.24, 2.45) is 0 Å². The molecule has 0 spiro atoms. The summed E-state index contributed by atoms with van der Waals surface area (Å²) in [6.45, 7) is 5.24. The fraction of sp³-hybridized carbons (Fsp3) is 0.625. The van der Waals surface area contributed by atoms with E-state index in [1.165, 1.54) is 37.7 Å². The summed E-state index contributed by atoms with van der Waals surface area (Å²) in [5.41, 5.74) is 2.46. The first kappa shape index (κ1) is 13.5. The summed E-state index contributed by atoms with van der Waals surface area (Å²) in [6, 6.07) is 5.90. The summed E-state index contributed by atoms with van der Waals surface area (Å²) in [6.07, 6.45) is 6.33. The number of hydrogen-bond donors (Lipinski definition) is 1. The number of hydrogen-bond acceptors (Lipinski definition) is 1. The quantitative estimate of drug-likeness (QED) is 0.793. The zero-order valence-corrected chi connectivity index (χ0v) is 11.5. The van der Waals surface area contributed by atoms with Crippen LogP contribution in [0.4, 0.5) is 4.39 Å². The molecule has 1 aliphatic rings. The van der Waals surface area contributed by atoms with Gasteiger partial charge in [0, 0.05) is 6.04 Å². The highest BCUT2D eigenvalue weighted by Gasteiger charge is 2.22. The maximum Gasteiger partial charge on any atom is 0.123 e. The summed E-state index contributed by atoms with van der Waals surface area (Å²) in [5, 5.41) is 3.58. The molecule has 1 N–H and O–H groups in total. The Balaban J connectivity index is 2.14. The summed E-state index contributed by atoms with van der Waals surface area (Å²) in [4.78, 5) is 0. The molecule has 1 saturated carbocycles. The largest absolute Gasteiger partial charge is 0.314 e. The third-order valence-corrected chi connectivity index (χ3v) is 4.09. The first-order chi connectivity index (χ1) is 8.70. The van der Waals surface area contributed by atoms with Crippen LogP contribution in [0.2, 0.25) is 0 Å². The van der Waals surface area contributed by atoms with Gasteiger partial charge in [-0.2, -0.15) is 0 Å². The third-order valence-electron chi connectivity index (χ3n) is 4.09. The predicted molar refractivity (Wildman–Crippen MR) is 74.4 cm³/mol. The van der Waals surface area contributed by atoms with E-state index in [9.17, 15) is 4.39 Å². The average molecular weight is 249 g/mol. The van der Waals surface area contributed by atoms with Gasteiger partial charge in [-0.05, 0) is 61.9 Å². The zero-order chi connectivity index (χ0) is 13.0.